The van der Waals surface area contributed by atoms with Gasteiger partial charge < -0.3 is 9.47 Å². The van der Waals surface area contributed by atoms with Crippen LogP contribution < -0.4 is 4.74 Å². The molecule has 1 atom stereocenters. The summed E-state index contributed by atoms with van der Waals surface area (Å²) >= 11 is 0. The summed E-state index contributed by atoms with van der Waals surface area (Å²) in [5, 5.41) is 8.88. The first-order valence-corrected chi connectivity index (χ1v) is 7.60. The number of nitriles is 1. The molecule has 1 spiro atoms. The average Bonchev–Trinajstić information content (AvgIpc) is 2.89. The van der Waals surface area contributed by atoms with Crippen molar-refractivity contribution < 1.29 is 9.47 Å². The van der Waals surface area contributed by atoms with Gasteiger partial charge in [-0.25, -0.2) is 0 Å². The van der Waals surface area contributed by atoms with Gasteiger partial charge >= 0.3 is 0 Å². The van der Waals surface area contributed by atoms with Crippen LogP contribution in [0.3, 0.4) is 0 Å². The Labute approximate surface area is 120 Å². The number of ether oxygens (including phenoxy) is 2. The number of nitrogens with zero attached hydrogens (tertiary/aromatic N) is 1. The van der Waals surface area contributed by atoms with Crippen LogP contribution in [-0.4, -0.2) is 18.3 Å². The van der Waals surface area contributed by atoms with Crippen LogP contribution in [0.4, 0.5) is 0 Å². The molecule has 0 aromatic heterocycles. The van der Waals surface area contributed by atoms with Crippen molar-refractivity contribution in [3.63, 3.8) is 0 Å². The minimum Gasteiger partial charge on any atom is -0.491 e. The molecule has 3 rings (SSSR count). The molecule has 106 valence electrons. The average molecular weight is 271 g/mol. The van der Waals surface area contributed by atoms with Gasteiger partial charge in [-0.2, -0.15) is 5.26 Å². The third-order valence-corrected chi connectivity index (χ3v) is 4.50. The first-order valence-electron chi connectivity index (χ1n) is 7.60. The lowest BCUT2D eigenvalue weighted by molar-refractivity contribution is -0.0748. The molecule has 1 aromatic rings. The Morgan fingerprint density at radius 3 is 2.90 bits per heavy atom. The van der Waals surface area contributed by atoms with Crippen LogP contribution in [0.2, 0.25) is 0 Å². The van der Waals surface area contributed by atoms with E-state index in [0.717, 1.165) is 12.2 Å². The van der Waals surface area contributed by atoms with Gasteiger partial charge in [0.2, 0.25) is 0 Å². The summed E-state index contributed by atoms with van der Waals surface area (Å²) in [6.07, 6.45) is 8.87. The molecule has 0 radical (unpaired) electrons. The summed E-state index contributed by atoms with van der Waals surface area (Å²) in [7, 11) is 0. The van der Waals surface area contributed by atoms with Gasteiger partial charge in [0.25, 0.3) is 0 Å². The topological polar surface area (TPSA) is 42.2 Å². The molecule has 1 aromatic carbocycles. The smallest absolute Gasteiger partial charge is 0.120 e. The second-order valence-electron chi connectivity index (χ2n) is 5.97. The molecule has 0 N–H and O–H groups in total. The number of rotatable bonds is 3. The summed E-state index contributed by atoms with van der Waals surface area (Å²) in [6.45, 7) is 0.594. The van der Waals surface area contributed by atoms with Crippen LogP contribution in [0.15, 0.2) is 24.3 Å². The lowest BCUT2D eigenvalue weighted by atomic mass is 9.83. The van der Waals surface area contributed by atoms with Gasteiger partial charge in [-0.05, 0) is 43.9 Å². The Kier molecular flexibility index (Phi) is 3.93. The molecule has 1 saturated carbocycles. The molecule has 2 aliphatic rings. The van der Waals surface area contributed by atoms with Crippen LogP contribution in [0.1, 0.15) is 50.5 Å². The van der Waals surface area contributed by atoms with Crippen molar-refractivity contribution in [3.8, 4) is 11.8 Å². The maximum atomic E-state index is 8.88. The largest absolute Gasteiger partial charge is 0.491 e. The second-order valence-corrected chi connectivity index (χ2v) is 5.97. The van der Waals surface area contributed by atoms with Crippen molar-refractivity contribution in [2.45, 2.75) is 56.7 Å². The van der Waals surface area contributed by atoms with Crippen molar-refractivity contribution in [3.05, 3.63) is 29.8 Å². The predicted octanol–water partition coefficient (Wildman–Crippen LogP) is 3.82. The fraction of sp³-hybridized carbons (Fsp3) is 0.588. The van der Waals surface area contributed by atoms with E-state index in [0.29, 0.717) is 12.2 Å². The van der Waals surface area contributed by atoms with Gasteiger partial charge in [0.15, 0.2) is 0 Å². The van der Waals surface area contributed by atoms with Crippen molar-refractivity contribution >= 4 is 0 Å². The van der Waals surface area contributed by atoms with E-state index in [1.807, 2.05) is 12.1 Å². The van der Waals surface area contributed by atoms with E-state index < -0.39 is 0 Å². The van der Waals surface area contributed by atoms with Crippen LogP contribution >= 0.6 is 0 Å². The van der Waals surface area contributed by atoms with Crippen LogP contribution in [0.25, 0.3) is 0 Å². The minimum absolute atomic E-state index is 0.154. The first kappa shape index (κ1) is 13.5. The Balaban J connectivity index is 1.53. The standard InChI is InChI=1S/C17H21NO2/c18-12-14-5-4-6-15(11-14)19-13-16-7-10-17(20-16)8-2-1-3-9-17/h4-6,11,16H,1-3,7-10,13H2. The minimum atomic E-state index is 0.154. The van der Waals surface area contributed by atoms with Gasteiger partial charge in [-0.3, -0.25) is 0 Å². The lowest BCUT2D eigenvalue weighted by Crippen LogP contribution is -2.32. The third kappa shape index (κ3) is 2.96. The molecular weight excluding hydrogens is 250 g/mol. The van der Waals surface area contributed by atoms with Crippen molar-refractivity contribution in [1.82, 2.24) is 0 Å². The van der Waals surface area contributed by atoms with Crippen molar-refractivity contribution in [2.75, 3.05) is 6.61 Å². The zero-order valence-corrected chi connectivity index (χ0v) is 11.8. The van der Waals surface area contributed by atoms with Gasteiger partial charge in [0, 0.05) is 0 Å². The number of hydrogen-bond acceptors (Lipinski definition) is 3. The Morgan fingerprint density at radius 1 is 1.25 bits per heavy atom. The number of hydrogen-bond donors (Lipinski definition) is 0. The zero-order chi connectivity index (χ0) is 13.8. The first-order chi connectivity index (χ1) is 9.80. The third-order valence-electron chi connectivity index (χ3n) is 4.50. The normalized spacial score (nSPS) is 24.4. The predicted molar refractivity (Wildman–Crippen MR) is 76.6 cm³/mol. The maximum absolute atomic E-state index is 8.88. The van der Waals surface area contributed by atoms with Crippen LogP contribution in [0.5, 0.6) is 5.75 Å². The molecule has 20 heavy (non-hydrogen) atoms. The highest BCUT2D eigenvalue weighted by Gasteiger charge is 2.40. The van der Waals surface area contributed by atoms with Gasteiger partial charge in [0.1, 0.15) is 12.4 Å². The molecule has 0 bridgehead atoms. The van der Waals surface area contributed by atoms with E-state index >= 15 is 0 Å². The highest BCUT2D eigenvalue weighted by molar-refractivity contribution is 5.36. The highest BCUT2D eigenvalue weighted by Crippen LogP contribution is 2.41. The molecule has 1 unspecified atom stereocenters. The molecule has 1 heterocycles. The molecule has 3 nitrogen and oxygen atoms in total. The van der Waals surface area contributed by atoms with Crippen molar-refractivity contribution in [1.29, 1.82) is 5.26 Å². The Bertz CT molecular complexity index is 500. The fourth-order valence-electron chi connectivity index (χ4n) is 3.42. The fourth-order valence-corrected chi connectivity index (χ4v) is 3.42. The number of benzene rings is 1. The molecule has 1 saturated heterocycles. The quantitative estimate of drug-likeness (QED) is 0.839. The SMILES string of the molecule is N#Cc1cccc(OCC2CCC3(CCCCC3)O2)c1. The van der Waals surface area contributed by atoms with Crippen molar-refractivity contribution in [2.24, 2.45) is 0 Å². The maximum Gasteiger partial charge on any atom is 0.120 e. The molecule has 3 heteroatoms. The summed E-state index contributed by atoms with van der Waals surface area (Å²) in [5.41, 5.74) is 0.791. The molecule has 0 amide bonds. The van der Waals surface area contributed by atoms with Gasteiger partial charge in [-0.1, -0.05) is 25.3 Å². The zero-order valence-electron chi connectivity index (χ0n) is 11.8. The summed E-state index contributed by atoms with van der Waals surface area (Å²) in [6, 6.07) is 9.45. The van der Waals surface area contributed by atoms with E-state index in [4.69, 9.17) is 14.7 Å². The summed E-state index contributed by atoms with van der Waals surface area (Å²) in [5.74, 6) is 0.761. The van der Waals surface area contributed by atoms with E-state index in [1.165, 1.54) is 38.5 Å². The highest BCUT2D eigenvalue weighted by atomic mass is 16.6. The molecule has 2 fully saturated rings. The Hall–Kier alpha value is -1.53. The summed E-state index contributed by atoms with van der Waals surface area (Å²) in [4.78, 5) is 0. The molecule has 1 aliphatic heterocycles. The van der Waals surface area contributed by atoms with E-state index in [2.05, 4.69) is 6.07 Å². The summed E-state index contributed by atoms with van der Waals surface area (Å²) < 4.78 is 12.1. The van der Waals surface area contributed by atoms with Gasteiger partial charge in [-0.15, -0.1) is 0 Å². The van der Waals surface area contributed by atoms with Crippen LogP contribution in [-0.2, 0) is 4.74 Å². The van der Waals surface area contributed by atoms with Crippen LogP contribution in [0, 0.1) is 11.3 Å². The molecule has 1 aliphatic carbocycles. The second kappa shape index (κ2) is 5.85. The van der Waals surface area contributed by atoms with Gasteiger partial charge in [0.05, 0.1) is 23.3 Å². The molecular formula is C17H21NO2. The lowest BCUT2D eigenvalue weighted by Gasteiger charge is -2.33. The van der Waals surface area contributed by atoms with E-state index in [9.17, 15) is 0 Å². The Morgan fingerprint density at radius 2 is 2.10 bits per heavy atom. The van der Waals surface area contributed by atoms with E-state index in [-0.39, 0.29) is 11.7 Å². The monoisotopic (exact) mass is 271 g/mol. The van der Waals surface area contributed by atoms with E-state index in [1.54, 1.807) is 12.1 Å².